The monoisotopic (exact) mass is 426 g/mol. The predicted octanol–water partition coefficient (Wildman–Crippen LogP) is 2.47. The minimum absolute atomic E-state index is 0.0128. The normalized spacial score (nSPS) is 12.4. The van der Waals surface area contributed by atoms with Gasteiger partial charge in [-0.1, -0.05) is 32.0 Å². The van der Waals surface area contributed by atoms with Crippen LogP contribution in [0.2, 0.25) is 0 Å². The van der Waals surface area contributed by atoms with Gasteiger partial charge >= 0.3 is 0 Å². The van der Waals surface area contributed by atoms with E-state index in [2.05, 4.69) is 0 Å². The maximum Gasteiger partial charge on any atom is 0.255 e. The Morgan fingerprint density at radius 1 is 1.23 bits per heavy atom. The Morgan fingerprint density at radius 3 is 2.58 bits per heavy atom. The molecular formula is C23H26N2O6. The number of hydrogen-bond donors (Lipinski definition) is 2. The van der Waals surface area contributed by atoms with E-state index >= 15 is 0 Å². The van der Waals surface area contributed by atoms with Gasteiger partial charge in [-0.15, -0.1) is 0 Å². The van der Waals surface area contributed by atoms with Crippen molar-refractivity contribution >= 4 is 16.8 Å². The Kier molecular flexibility index (Phi) is 6.60. The number of benzene rings is 1. The molecule has 3 N–H and O–H groups in total. The molecule has 1 aromatic carbocycles. The molecule has 3 rings (SSSR count). The number of para-hydroxylation sites is 1. The van der Waals surface area contributed by atoms with Gasteiger partial charge in [0.25, 0.3) is 5.56 Å². The number of nitrogens with zero attached hydrogens (tertiary/aromatic N) is 1. The van der Waals surface area contributed by atoms with Gasteiger partial charge in [-0.25, -0.2) is 0 Å². The molecular weight excluding hydrogens is 400 g/mol. The molecule has 8 nitrogen and oxygen atoms in total. The fraction of sp³-hybridized carbons (Fsp3) is 0.348. The number of amides is 1. The molecule has 1 atom stereocenters. The number of aromatic hydroxyl groups is 1. The largest absolute Gasteiger partial charge is 0.502 e. The summed E-state index contributed by atoms with van der Waals surface area (Å²) in [6.45, 7) is 4.43. The number of rotatable bonds is 8. The van der Waals surface area contributed by atoms with E-state index in [4.69, 9.17) is 14.9 Å². The van der Waals surface area contributed by atoms with E-state index in [-0.39, 0.29) is 41.6 Å². The second-order valence-electron chi connectivity index (χ2n) is 7.91. The lowest BCUT2D eigenvalue weighted by Crippen LogP contribution is -2.29. The van der Waals surface area contributed by atoms with E-state index in [1.165, 1.54) is 7.11 Å². The standard InChI is InChI=1S/C23H26N2O6/c1-13(2)11-25-18-7-5-4-6-14(18)8-17(23(25)29)16(10-20(24)27)22-21(28)19(26)9-15(31-22)12-30-3/h4-9,13,16,28H,10-12H2,1-3H3,(H2,24,27)/t16-/m1/s1. The first-order valence-corrected chi connectivity index (χ1v) is 9.98. The van der Waals surface area contributed by atoms with Crippen molar-refractivity contribution < 1.29 is 19.1 Å². The van der Waals surface area contributed by atoms with E-state index in [1.807, 2.05) is 38.1 Å². The molecule has 2 aromatic heterocycles. The van der Waals surface area contributed by atoms with Crippen LogP contribution in [-0.2, 0) is 22.7 Å². The van der Waals surface area contributed by atoms with Crippen molar-refractivity contribution in [2.75, 3.05) is 7.11 Å². The van der Waals surface area contributed by atoms with Crippen molar-refractivity contribution in [3.8, 4) is 5.75 Å². The van der Waals surface area contributed by atoms with Gasteiger partial charge in [-0.2, -0.15) is 0 Å². The molecule has 0 aliphatic carbocycles. The summed E-state index contributed by atoms with van der Waals surface area (Å²) in [5.74, 6) is -2.22. The zero-order valence-electron chi connectivity index (χ0n) is 17.8. The molecule has 164 valence electrons. The molecule has 0 aliphatic heterocycles. The van der Waals surface area contributed by atoms with Crippen LogP contribution in [0, 0.1) is 5.92 Å². The second-order valence-corrected chi connectivity index (χ2v) is 7.91. The number of aromatic nitrogens is 1. The van der Waals surface area contributed by atoms with Crippen LogP contribution in [-0.4, -0.2) is 22.7 Å². The van der Waals surface area contributed by atoms with Crippen molar-refractivity contribution in [2.24, 2.45) is 11.7 Å². The van der Waals surface area contributed by atoms with Crippen LogP contribution in [0.3, 0.4) is 0 Å². The van der Waals surface area contributed by atoms with Crippen molar-refractivity contribution in [3.63, 3.8) is 0 Å². The summed E-state index contributed by atoms with van der Waals surface area (Å²) in [4.78, 5) is 37.7. The van der Waals surface area contributed by atoms with Crippen LogP contribution < -0.4 is 16.7 Å². The maximum atomic E-state index is 13.5. The molecule has 2 heterocycles. The Labute approximate surface area is 178 Å². The second kappa shape index (κ2) is 9.18. The average molecular weight is 426 g/mol. The number of primary amides is 1. The van der Waals surface area contributed by atoms with Gasteiger partial charge in [-0.3, -0.25) is 14.4 Å². The summed E-state index contributed by atoms with van der Waals surface area (Å²) in [5, 5.41) is 11.2. The number of methoxy groups -OCH3 is 1. The smallest absolute Gasteiger partial charge is 0.255 e. The van der Waals surface area contributed by atoms with Gasteiger partial charge in [-0.05, 0) is 23.4 Å². The number of pyridine rings is 1. The van der Waals surface area contributed by atoms with Gasteiger partial charge in [0.05, 0.1) is 11.4 Å². The van der Waals surface area contributed by atoms with E-state index in [1.54, 1.807) is 10.6 Å². The highest BCUT2D eigenvalue weighted by atomic mass is 16.5. The summed E-state index contributed by atoms with van der Waals surface area (Å²) < 4.78 is 12.4. The van der Waals surface area contributed by atoms with Crippen LogP contribution in [0.1, 0.15) is 43.3 Å². The van der Waals surface area contributed by atoms with Crippen LogP contribution >= 0.6 is 0 Å². The summed E-state index contributed by atoms with van der Waals surface area (Å²) >= 11 is 0. The lowest BCUT2D eigenvalue weighted by atomic mass is 9.91. The third-order valence-corrected chi connectivity index (χ3v) is 4.96. The lowest BCUT2D eigenvalue weighted by Gasteiger charge is -2.20. The summed E-state index contributed by atoms with van der Waals surface area (Å²) in [7, 11) is 1.43. The van der Waals surface area contributed by atoms with E-state index in [9.17, 15) is 19.5 Å². The van der Waals surface area contributed by atoms with Crippen LogP contribution in [0.4, 0.5) is 0 Å². The number of ether oxygens (including phenoxy) is 1. The van der Waals surface area contributed by atoms with Crippen molar-refractivity contribution in [3.05, 3.63) is 74.1 Å². The van der Waals surface area contributed by atoms with E-state index in [0.717, 1.165) is 17.0 Å². The Hall–Kier alpha value is -3.39. The van der Waals surface area contributed by atoms with Crippen molar-refractivity contribution in [1.82, 2.24) is 4.57 Å². The van der Waals surface area contributed by atoms with E-state index in [0.29, 0.717) is 6.54 Å². The fourth-order valence-corrected chi connectivity index (χ4v) is 3.70. The molecule has 0 spiro atoms. The zero-order chi connectivity index (χ0) is 22.7. The minimum atomic E-state index is -1.03. The zero-order valence-corrected chi connectivity index (χ0v) is 17.8. The molecule has 0 unspecified atom stereocenters. The van der Waals surface area contributed by atoms with Crippen LogP contribution in [0.15, 0.2) is 50.4 Å². The highest BCUT2D eigenvalue weighted by molar-refractivity contribution is 5.81. The quantitative estimate of drug-likeness (QED) is 0.570. The van der Waals surface area contributed by atoms with Crippen molar-refractivity contribution in [2.45, 2.75) is 39.3 Å². The average Bonchev–Trinajstić information content (AvgIpc) is 2.71. The lowest BCUT2D eigenvalue weighted by molar-refractivity contribution is -0.118. The molecule has 0 saturated carbocycles. The third-order valence-electron chi connectivity index (χ3n) is 4.96. The van der Waals surface area contributed by atoms with Gasteiger partial charge in [0, 0.05) is 31.7 Å². The minimum Gasteiger partial charge on any atom is -0.502 e. The molecule has 1 amide bonds. The SMILES string of the molecule is COCc1cc(=O)c(O)c([C@H](CC(N)=O)c2cc3ccccc3n(CC(C)C)c2=O)o1. The summed E-state index contributed by atoms with van der Waals surface area (Å²) in [6.07, 6.45) is -0.317. The van der Waals surface area contributed by atoms with Gasteiger partial charge in [0.15, 0.2) is 5.76 Å². The number of nitrogens with two attached hydrogens (primary N) is 1. The molecule has 31 heavy (non-hydrogen) atoms. The maximum absolute atomic E-state index is 13.5. The Bertz CT molecular complexity index is 1220. The summed E-state index contributed by atoms with van der Waals surface area (Å²) in [6, 6.07) is 10.2. The fourth-order valence-electron chi connectivity index (χ4n) is 3.70. The Morgan fingerprint density at radius 2 is 1.94 bits per heavy atom. The molecule has 0 aliphatic rings. The molecule has 0 saturated heterocycles. The van der Waals surface area contributed by atoms with Crippen LogP contribution in [0.5, 0.6) is 5.75 Å². The molecule has 8 heteroatoms. The predicted molar refractivity (Wildman–Crippen MR) is 116 cm³/mol. The number of fused-ring (bicyclic) bond motifs is 1. The highest BCUT2D eigenvalue weighted by Crippen LogP contribution is 2.33. The number of carbonyl (C=O) groups excluding carboxylic acids is 1. The highest BCUT2D eigenvalue weighted by Gasteiger charge is 2.29. The van der Waals surface area contributed by atoms with Crippen molar-refractivity contribution in [1.29, 1.82) is 0 Å². The number of hydrogen-bond acceptors (Lipinski definition) is 6. The third kappa shape index (κ3) is 4.69. The van der Waals surface area contributed by atoms with Gasteiger partial charge < -0.3 is 24.6 Å². The molecule has 0 radical (unpaired) electrons. The van der Waals surface area contributed by atoms with Gasteiger partial charge in [0.1, 0.15) is 12.4 Å². The number of carbonyl (C=O) groups is 1. The topological polar surface area (TPSA) is 125 Å². The summed E-state index contributed by atoms with van der Waals surface area (Å²) in [5.41, 5.74) is 5.40. The van der Waals surface area contributed by atoms with Crippen LogP contribution in [0.25, 0.3) is 10.9 Å². The van der Waals surface area contributed by atoms with E-state index < -0.39 is 23.0 Å². The first-order valence-electron chi connectivity index (χ1n) is 9.98. The molecule has 3 aromatic rings. The molecule has 0 bridgehead atoms. The Balaban J connectivity index is 2.33. The first kappa shape index (κ1) is 22.3. The first-order chi connectivity index (χ1) is 14.7. The molecule has 0 fully saturated rings. The van der Waals surface area contributed by atoms with Gasteiger partial charge in [0.2, 0.25) is 17.1 Å².